The zero-order chi connectivity index (χ0) is 13.4. The van der Waals surface area contributed by atoms with Crippen LogP contribution in [0.25, 0.3) is 0 Å². The van der Waals surface area contributed by atoms with Crippen LogP contribution in [-0.4, -0.2) is 26.2 Å². The van der Waals surface area contributed by atoms with E-state index in [4.69, 9.17) is 4.74 Å². The Kier molecular flexibility index (Phi) is 6.39. The Labute approximate surface area is 109 Å². The Hall–Kier alpha value is -1.39. The van der Waals surface area contributed by atoms with Gasteiger partial charge < -0.3 is 15.4 Å². The molecule has 0 radical (unpaired) electrons. The van der Waals surface area contributed by atoms with Crippen molar-refractivity contribution in [3.63, 3.8) is 0 Å². The number of ether oxygens (including phenoxy) is 1. The predicted octanol–water partition coefficient (Wildman–Crippen LogP) is 2.33. The van der Waals surface area contributed by atoms with Gasteiger partial charge in [0.05, 0.1) is 0 Å². The number of rotatable bonds is 7. The molecule has 0 fully saturated rings. The van der Waals surface area contributed by atoms with Crippen molar-refractivity contribution in [3.8, 4) is 0 Å². The van der Waals surface area contributed by atoms with E-state index in [1.165, 1.54) is 12.7 Å². The maximum atomic E-state index is 11.4. The van der Waals surface area contributed by atoms with Crippen LogP contribution < -0.4 is 10.6 Å². The summed E-state index contributed by atoms with van der Waals surface area (Å²) in [5.41, 5.74) is 1.97. The summed E-state index contributed by atoms with van der Waals surface area (Å²) in [6.45, 7) is 5.32. The first-order chi connectivity index (χ1) is 8.67. The molecule has 0 aliphatic rings. The fourth-order valence-corrected chi connectivity index (χ4v) is 1.69. The third-order valence-corrected chi connectivity index (χ3v) is 2.65. The average molecular weight is 250 g/mol. The van der Waals surface area contributed by atoms with Gasteiger partial charge in [0.25, 0.3) is 0 Å². The smallest absolute Gasteiger partial charge is 0.250 e. The van der Waals surface area contributed by atoms with Gasteiger partial charge in [-0.3, -0.25) is 4.79 Å². The number of carbonyl (C=O) groups excluding carboxylic acids is 1. The van der Waals surface area contributed by atoms with E-state index >= 15 is 0 Å². The number of carbonyl (C=O) groups is 1. The van der Waals surface area contributed by atoms with E-state index in [9.17, 15) is 4.79 Å². The zero-order valence-electron chi connectivity index (χ0n) is 11.3. The molecule has 0 saturated carbocycles. The third-order valence-electron chi connectivity index (χ3n) is 2.65. The van der Waals surface area contributed by atoms with Crippen LogP contribution in [0.15, 0.2) is 24.3 Å². The first-order valence-electron chi connectivity index (χ1n) is 6.29. The molecule has 1 unspecified atom stereocenters. The molecule has 0 aliphatic heterocycles. The van der Waals surface area contributed by atoms with Gasteiger partial charge in [0.15, 0.2) is 0 Å². The van der Waals surface area contributed by atoms with E-state index in [0.29, 0.717) is 0 Å². The number of hydrogen-bond acceptors (Lipinski definition) is 3. The van der Waals surface area contributed by atoms with E-state index < -0.39 is 0 Å². The Bertz CT molecular complexity index is 380. The van der Waals surface area contributed by atoms with E-state index in [1.807, 2.05) is 18.2 Å². The third kappa shape index (κ3) is 4.85. The minimum atomic E-state index is -0.135. The first-order valence-corrected chi connectivity index (χ1v) is 6.29. The Balaban J connectivity index is 2.63. The lowest BCUT2D eigenvalue weighted by Crippen LogP contribution is -2.20. The molecule has 1 atom stereocenters. The summed E-state index contributed by atoms with van der Waals surface area (Å²) < 4.78 is 4.78. The van der Waals surface area contributed by atoms with Crippen molar-refractivity contribution in [2.24, 2.45) is 0 Å². The molecular weight excluding hydrogens is 228 g/mol. The number of amides is 1. The van der Waals surface area contributed by atoms with E-state index in [-0.39, 0.29) is 18.6 Å². The summed E-state index contributed by atoms with van der Waals surface area (Å²) in [6.07, 6.45) is 1.11. The van der Waals surface area contributed by atoms with Crippen molar-refractivity contribution < 1.29 is 9.53 Å². The molecule has 0 saturated heterocycles. The van der Waals surface area contributed by atoms with Crippen LogP contribution >= 0.6 is 0 Å². The van der Waals surface area contributed by atoms with Gasteiger partial charge in [-0.05, 0) is 37.6 Å². The van der Waals surface area contributed by atoms with Crippen LogP contribution in [0.3, 0.4) is 0 Å². The molecule has 1 aromatic carbocycles. The second-order valence-corrected chi connectivity index (χ2v) is 4.28. The van der Waals surface area contributed by atoms with Crippen molar-refractivity contribution in [2.45, 2.75) is 26.3 Å². The number of anilines is 1. The number of methoxy groups -OCH3 is 1. The molecule has 0 spiro atoms. The zero-order valence-corrected chi connectivity index (χ0v) is 11.3. The van der Waals surface area contributed by atoms with Crippen LogP contribution in [0.5, 0.6) is 0 Å². The molecule has 1 aromatic rings. The monoisotopic (exact) mass is 250 g/mol. The molecule has 1 amide bonds. The van der Waals surface area contributed by atoms with Gasteiger partial charge in [0, 0.05) is 18.8 Å². The fourth-order valence-electron chi connectivity index (χ4n) is 1.69. The lowest BCUT2D eigenvalue weighted by Gasteiger charge is -2.15. The van der Waals surface area contributed by atoms with Gasteiger partial charge in [-0.25, -0.2) is 0 Å². The Morgan fingerprint density at radius 3 is 2.89 bits per heavy atom. The highest BCUT2D eigenvalue weighted by Crippen LogP contribution is 2.17. The van der Waals surface area contributed by atoms with Gasteiger partial charge in [-0.1, -0.05) is 19.1 Å². The molecule has 0 aromatic heterocycles. The Morgan fingerprint density at radius 1 is 1.44 bits per heavy atom. The largest absolute Gasteiger partial charge is 0.375 e. The fraction of sp³-hybridized carbons (Fsp3) is 0.500. The van der Waals surface area contributed by atoms with Gasteiger partial charge in [0.2, 0.25) is 5.91 Å². The summed E-state index contributed by atoms with van der Waals surface area (Å²) in [4.78, 5) is 11.4. The summed E-state index contributed by atoms with van der Waals surface area (Å²) in [5, 5.41) is 6.22. The summed E-state index contributed by atoms with van der Waals surface area (Å²) in [5.74, 6) is -0.135. The topological polar surface area (TPSA) is 50.4 Å². The summed E-state index contributed by atoms with van der Waals surface area (Å²) >= 11 is 0. The number of benzene rings is 1. The van der Waals surface area contributed by atoms with Gasteiger partial charge >= 0.3 is 0 Å². The van der Waals surface area contributed by atoms with Crippen molar-refractivity contribution in [3.05, 3.63) is 29.8 Å². The van der Waals surface area contributed by atoms with Crippen molar-refractivity contribution in [2.75, 3.05) is 25.6 Å². The van der Waals surface area contributed by atoms with Crippen LogP contribution in [0.2, 0.25) is 0 Å². The van der Waals surface area contributed by atoms with E-state index in [1.54, 1.807) is 0 Å². The van der Waals surface area contributed by atoms with Gasteiger partial charge in [-0.2, -0.15) is 0 Å². The lowest BCUT2D eigenvalue weighted by atomic mass is 10.1. The van der Waals surface area contributed by atoms with Crippen LogP contribution in [0, 0.1) is 0 Å². The minimum Gasteiger partial charge on any atom is -0.375 e. The predicted molar refractivity (Wildman–Crippen MR) is 73.7 cm³/mol. The Morgan fingerprint density at radius 2 is 2.22 bits per heavy atom. The molecule has 0 heterocycles. The quantitative estimate of drug-likeness (QED) is 0.781. The normalized spacial score (nSPS) is 12.2. The van der Waals surface area contributed by atoms with Crippen LogP contribution in [0.4, 0.5) is 5.69 Å². The molecule has 100 valence electrons. The van der Waals surface area contributed by atoms with Crippen molar-refractivity contribution in [1.29, 1.82) is 0 Å². The van der Waals surface area contributed by atoms with Crippen molar-refractivity contribution >= 4 is 11.6 Å². The maximum absolute atomic E-state index is 11.4. The standard InChI is InChI=1S/C14H22N2O2/c1-4-8-15-11(2)12-6-5-7-13(9-12)16-14(17)10-18-3/h5-7,9,11,15H,4,8,10H2,1-3H3,(H,16,17). The average Bonchev–Trinajstić information content (AvgIpc) is 2.36. The number of nitrogens with one attached hydrogen (secondary N) is 2. The molecule has 1 rings (SSSR count). The first kappa shape index (κ1) is 14.7. The van der Waals surface area contributed by atoms with E-state index in [2.05, 4.69) is 30.5 Å². The highest BCUT2D eigenvalue weighted by molar-refractivity contribution is 5.91. The van der Waals surface area contributed by atoms with E-state index in [0.717, 1.165) is 18.7 Å². The minimum absolute atomic E-state index is 0.0772. The summed E-state index contributed by atoms with van der Waals surface area (Å²) in [7, 11) is 1.51. The second-order valence-electron chi connectivity index (χ2n) is 4.28. The molecule has 2 N–H and O–H groups in total. The molecule has 18 heavy (non-hydrogen) atoms. The molecule has 0 aliphatic carbocycles. The van der Waals surface area contributed by atoms with Crippen LogP contribution in [0.1, 0.15) is 31.9 Å². The van der Waals surface area contributed by atoms with Gasteiger partial charge in [-0.15, -0.1) is 0 Å². The highest BCUT2D eigenvalue weighted by atomic mass is 16.5. The maximum Gasteiger partial charge on any atom is 0.250 e. The number of hydrogen-bond donors (Lipinski definition) is 2. The molecule has 4 heteroatoms. The summed E-state index contributed by atoms with van der Waals surface area (Å²) in [6, 6.07) is 8.15. The SMILES string of the molecule is CCCNC(C)c1cccc(NC(=O)COC)c1. The van der Waals surface area contributed by atoms with Gasteiger partial charge in [0.1, 0.15) is 6.61 Å². The van der Waals surface area contributed by atoms with Crippen molar-refractivity contribution in [1.82, 2.24) is 5.32 Å². The molecule has 4 nitrogen and oxygen atoms in total. The molecule has 0 bridgehead atoms. The molecular formula is C14H22N2O2. The second kappa shape index (κ2) is 7.84. The van der Waals surface area contributed by atoms with Crippen LogP contribution in [-0.2, 0) is 9.53 Å². The lowest BCUT2D eigenvalue weighted by molar-refractivity contribution is -0.119. The highest BCUT2D eigenvalue weighted by Gasteiger charge is 2.06.